The second-order valence-electron chi connectivity index (χ2n) is 10.1. The summed E-state index contributed by atoms with van der Waals surface area (Å²) in [4.78, 5) is 0. The number of hydrogen-bond donors (Lipinski definition) is 0. The molecule has 8 rings (SSSR count). The smallest absolute Gasteiger partial charge is 0.00139 e. The minimum absolute atomic E-state index is 1.26. The van der Waals surface area contributed by atoms with Gasteiger partial charge in [-0.05, 0) is 88.2 Å². The largest absolute Gasteiger partial charge is 0.0616 e. The van der Waals surface area contributed by atoms with E-state index in [1.54, 1.807) is 0 Å². The van der Waals surface area contributed by atoms with Gasteiger partial charge in [-0.3, -0.25) is 0 Å². The van der Waals surface area contributed by atoms with Crippen LogP contribution < -0.4 is 0 Å². The van der Waals surface area contributed by atoms with Crippen LogP contribution in [0.2, 0.25) is 0 Å². The predicted molar refractivity (Wildman–Crippen MR) is 165 cm³/mol. The molecule has 0 fully saturated rings. The molecule has 0 unspecified atom stereocenters. The first kappa shape index (κ1) is 21.2. The van der Waals surface area contributed by atoms with Crippen LogP contribution in [-0.2, 0) is 0 Å². The van der Waals surface area contributed by atoms with Gasteiger partial charge in [-0.15, -0.1) is 0 Å². The minimum Gasteiger partial charge on any atom is -0.0616 e. The fourth-order valence-corrected chi connectivity index (χ4v) is 6.34. The van der Waals surface area contributed by atoms with Crippen molar-refractivity contribution in [3.05, 3.63) is 146 Å². The Balaban J connectivity index is 1.59. The monoisotopic (exact) mass is 480 g/mol. The van der Waals surface area contributed by atoms with Crippen LogP contribution in [0, 0.1) is 0 Å². The molecule has 176 valence electrons. The fraction of sp³-hybridized carbons (Fsp3) is 0. The van der Waals surface area contributed by atoms with E-state index in [9.17, 15) is 0 Å². The van der Waals surface area contributed by atoms with Crippen LogP contribution in [0.25, 0.3) is 76.1 Å². The summed E-state index contributed by atoms with van der Waals surface area (Å²) in [5.41, 5.74) is 5.19. The molecule has 0 aliphatic carbocycles. The first-order valence-corrected chi connectivity index (χ1v) is 13.2. The Morgan fingerprint density at radius 2 is 0.632 bits per heavy atom. The summed E-state index contributed by atoms with van der Waals surface area (Å²) in [5, 5.41) is 12.8. The highest BCUT2D eigenvalue weighted by Crippen LogP contribution is 2.47. The van der Waals surface area contributed by atoms with Gasteiger partial charge < -0.3 is 0 Å². The van der Waals surface area contributed by atoms with Crippen molar-refractivity contribution in [1.29, 1.82) is 0 Å². The zero-order chi connectivity index (χ0) is 25.1. The lowest BCUT2D eigenvalue weighted by molar-refractivity contribution is 1.69. The number of hydrogen-bond acceptors (Lipinski definition) is 0. The highest BCUT2D eigenvalue weighted by atomic mass is 14.2. The fourth-order valence-electron chi connectivity index (χ4n) is 6.34. The van der Waals surface area contributed by atoms with E-state index in [-0.39, 0.29) is 0 Å². The van der Waals surface area contributed by atoms with Crippen LogP contribution in [0.3, 0.4) is 0 Å². The maximum Gasteiger partial charge on any atom is -0.00139 e. The van der Waals surface area contributed by atoms with Crippen molar-refractivity contribution in [2.75, 3.05) is 0 Å². The van der Waals surface area contributed by atoms with E-state index in [2.05, 4.69) is 146 Å². The van der Waals surface area contributed by atoms with E-state index in [1.807, 2.05) is 0 Å². The van der Waals surface area contributed by atoms with Crippen molar-refractivity contribution >= 4 is 53.9 Å². The van der Waals surface area contributed by atoms with Gasteiger partial charge in [-0.25, -0.2) is 0 Å². The Morgan fingerprint density at radius 1 is 0.237 bits per heavy atom. The summed E-state index contributed by atoms with van der Waals surface area (Å²) in [6.07, 6.45) is 0. The SMILES string of the molecule is c1ccc2cc(-c3c4ccccc4c(-c4c5ccccc5cc5ccccc45)c4ccccc34)ccc2c1. The maximum absolute atomic E-state index is 2.34. The third-order valence-electron chi connectivity index (χ3n) is 7.99. The van der Waals surface area contributed by atoms with Gasteiger partial charge >= 0.3 is 0 Å². The molecule has 0 saturated carbocycles. The standard InChI is InChI=1S/C38H24/c1-2-12-26-23-29(22-21-25(26)11-1)36-32-17-7-9-19-34(32)38(35-20-10-8-18-33(35)36)37-30-15-5-3-13-27(30)24-28-14-4-6-16-31(28)37/h1-24H. The van der Waals surface area contributed by atoms with Gasteiger partial charge in [0.25, 0.3) is 0 Å². The van der Waals surface area contributed by atoms with E-state index in [4.69, 9.17) is 0 Å². The molecule has 8 aromatic carbocycles. The molecule has 0 amide bonds. The summed E-state index contributed by atoms with van der Waals surface area (Å²) in [7, 11) is 0. The second kappa shape index (κ2) is 8.30. The third kappa shape index (κ3) is 3.11. The maximum atomic E-state index is 2.34. The lowest BCUT2D eigenvalue weighted by Gasteiger charge is -2.20. The molecule has 38 heavy (non-hydrogen) atoms. The van der Waals surface area contributed by atoms with Gasteiger partial charge in [0.15, 0.2) is 0 Å². The summed E-state index contributed by atoms with van der Waals surface area (Å²) in [6.45, 7) is 0. The van der Waals surface area contributed by atoms with E-state index in [1.165, 1.54) is 76.1 Å². The Kier molecular flexibility index (Phi) is 4.62. The summed E-state index contributed by atoms with van der Waals surface area (Å²) in [5.74, 6) is 0. The predicted octanol–water partition coefficient (Wildman–Crippen LogP) is 10.8. The molecule has 0 N–H and O–H groups in total. The molecule has 0 nitrogen and oxygen atoms in total. The molecule has 0 saturated heterocycles. The topological polar surface area (TPSA) is 0 Å². The normalized spacial score (nSPS) is 11.7. The van der Waals surface area contributed by atoms with Crippen LogP contribution in [-0.4, -0.2) is 0 Å². The Bertz CT molecular complexity index is 2070. The van der Waals surface area contributed by atoms with E-state index in [0.717, 1.165) is 0 Å². The molecule has 0 bridgehead atoms. The van der Waals surface area contributed by atoms with Gasteiger partial charge in [-0.2, -0.15) is 0 Å². The molecular formula is C38H24. The van der Waals surface area contributed by atoms with Crippen molar-refractivity contribution in [2.45, 2.75) is 0 Å². The van der Waals surface area contributed by atoms with Crippen LogP contribution in [0.4, 0.5) is 0 Å². The number of fused-ring (bicyclic) bond motifs is 5. The van der Waals surface area contributed by atoms with Gasteiger partial charge in [-0.1, -0.05) is 133 Å². The Morgan fingerprint density at radius 3 is 1.18 bits per heavy atom. The van der Waals surface area contributed by atoms with Crippen molar-refractivity contribution in [3.8, 4) is 22.3 Å². The van der Waals surface area contributed by atoms with Crippen LogP contribution in [0.15, 0.2) is 146 Å². The summed E-state index contributed by atoms with van der Waals surface area (Å²) >= 11 is 0. The minimum atomic E-state index is 1.26. The molecular weight excluding hydrogens is 456 g/mol. The average Bonchev–Trinajstić information content (AvgIpc) is 2.98. The van der Waals surface area contributed by atoms with E-state index >= 15 is 0 Å². The molecule has 8 aromatic rings. The molecule has 0 heterocycles. The first-order chi connectivity index (χ1) is 18.9. The molecule has 0 heteroatoms. The van der Waals surface area contributed by atoms with Crippen molar-refractivity contribution in [1.82, 2.24) is 0 Å². The van der Waals surface area contributed by atoms with Gasteiger partial charge in [0.2, 0.25) is 0 Å². The highest BCUT2D eigenvalue weighted by molar-refractivity contribution is 6.27. The molecule has 0 aliphatic heterocycles. The second-order valence-corrected chi connectivity index (χ2v) is 10.1. The van der Waals surface area contributed by atoms with Crippen LogP contribution in [0.1, 0.15) is 0 Å². The number of rotatable bonds is 2. The Hall–Kier alpha value is -4.94. The quantitative estimate of drug-likeness (QED) is 0.216. The zero-order valence-electron chi connectivity index (χ0n) is 20.9. The molecule has 0 aliphatic rings. The highest BCUT2D eigenvalue weighted by Gasteiger charge is 2.19. The molecule has 0 aromatic heterocycles. The molecule has 0 radical (unpaired) electrons. The average molecular weight is 481 g/mol. The summed E-state index contributed by atoms with van der Waals surface area (Å²) < 4.78 is 0. The molecule has 0 atom stereocenters. The lowest BCUT2D eigenvalue weighted by Crippen LogP contribution is -1.93. The van der Waals surface area contributed by atoms with Crippen molar-refractivity contribution < 1.29 is 0 Å². The van der Waals surface area contributed by atoms with E-state index < -0.39 is 0 Å². The number of benzene rings is 8. The first-order valence-electron chi connectivity index (χ1n) is 13.2. The lowest BCUT2D eigenvalue weighted by atomic mass is 9.83. The van der Waals surface area contributed by atoms with E-state index in [0.29, 0.717) is 0 Å². The van der Waals surface area contributed by atoms with Crippen molar-refractivity contribution in [2.24, 2.45) is 0 Å². The van der Waals surface area contributed by atoms with Gasteiger partial charge in [0.05, 0.1) is 0 Å². The van der Waals surface area contributed by atoms with Crippen LogP contribution in [0.5, 0.6) is 0 Å². The summed E-state index contributed by atoms with van der Waals surface area (Å²) in [6, 6.07) is 53.3. The van der Waals surface area contributed by atoms with Crippen molar-refractivity contribution in [3.63, 3.8) is 0 Å². The third-order valence-corrected chi connectivity index (χ3v) is 7.99. The zero-order valence-corrected chi connectivity index (χ0v) is 20.9. The van der Waals surface area contributed by atoms with Crippen LogP contribution >= 0.6 is 0 Å². The Labute approximate surface area is 221 Å². The molecule has 0 spiro atoms. The van der Waals surface area contributed by atoms with Gasteiger partial charge in [0, 0.05) is 0 Å². The van der Waals surface area contributed by atoms with Gasteiger partial charge in [0.1, 0.15) is 0 Å².